The molecule has 0 radical (unpaired) electrons. The van der Waals surface area contributed by atoms with Crippen molar-refractivity contribution >= 4 is 22.3 Å². The molecule has 1 saturated heterocycles. The third-order valence-electron chi connectivity index (χ3n) is 5.56. The first kappa shape index (κ1) is 23.4. The maximum Gasteiger partial charge on any atom is 0.433 e. The number of hydrogen-bond acceptors (Lipinski definition) is 5. The zero-order valence-electron chi connectivity index (χ0n) is 18.8. The van der Waals surface area contributed by atoms with E-state index >= 15 is 0 Å². The molecular weight excluding hydrogens is 441 g/mol. The number of allylic oxidation sites excluding steroid dienone is 2. The molecule has 0 saturated carbocycles. The lowest BCUT2D eigenvalue weighted by Gasteiger charge is -2.30. The Balaban J connectivity index is 1.56. The molecular formula is C25H25F3N6. The van der Waals surface area contributed by atoms with E-state index in [-0.39, 0.29) is 0 Å². The second-order valence-corrected chi connectivity index (χ2v) is 8.18. The molecule has 4 rings (SSSR count). The van der Waals surface area contributed by atoms with Crippen LogP contribution in [0.25, 0.3) is 27.7 Å². The molecule has 2 N–H and O–H groups in total. The molecule has 34 heavy (non-hydrogen) atoms. The van der Waals surface area contributed by atoms with E-state index in [1.165, 1.54) is 6.42 Å². The van der Waals surface area contributed by atoms with Gasteiger partial charge in [-0.2, -0.15) is 18.3 Å². The molecule has 3 heterocycles. The van der Waals surface area contributed by atoms with Crippen LogP contribution in [0.4, 0.5) is 13.2 Å². The number of rotatable bonds is 8. The summed E-state index contributed by atoms with van der Waals surface area (Å²) in [6.45, 7) is 11.9. The number of benzene rings is 1. The van der Waals surface area contributed by atoms with Crippen LogP contribution in [0, 0.1) is 0 Å². The van der Waals surface area contributed by atoms with E-state index in [2.05, 4.69) is 49.6 Å². The SMILES string of the molecule is C=CC(=N/C=C(\C)NC(=C)c1n[nH]c2ccc(-c3cncc(CN4CCC4)c3)cc12)C(F)(F)F. The van der Waals surface area contributed by atoms with Gasteiger partial charge in [0.05, 0.1) is 11.2 Å². The minimum absolute atomic E-state index is 0.379. The Labute approximate surface area is 195 Å². The largest absolute Gasteiger partial charge is 0.433 e. The molecule has 0 spiro atoms. The average molecular weight is 467 g/mol. The van der Waals surface area contributed by atoms with E-state index in [9.17, 15) is 13.2 Å². The van der Waals surface area contributed by atoms with E-state index < -0.39 is 11.9 Å². The number of nitrogens with zero attached hydrogens (tertiary/aromatic N) is 4. The summed E-state index contributed by atoms with van der Waals surface area (Å²) >= 11 is 0. The van der Waals surface area contributed by atoms with Crippen molar-refractivity contribution in [2.75, 3.05) is 13.1 Å². The highest BCUT2D eigenvalue weighted by molar-refractivity contribution is 5.99. The molecule has 0 aliphatic carbocycles. The lowest BCUT2D eigenvalue weighted by Crippen LogP contribution is -2.36. The van der Waals surface area contributed by atoms with Gasteiger partial charge in [-0.25, -0.2) is 4.99 Å². The van der Waals surface area contributed by atoms with E-state index in [0.717, 1.165) is 53.4 Å². The quantitative estimate of drug-likeness (QED) is 0.434. The topological polar surface area (TPSA) is 69.2 Å². The molecule has 0 amide bonds. The van der Waals surface area contributed by atoms with Crippen molar-refractivity contribution < 1.29 is 13.2 Å². The van der Waals surface area contributed by atoms with Gasteiger partial charge in [-0.1, -0.05) is 19.2 Å². The number of fused-ring (bicyclic) bond motifs is 1. The van der Waals surface area contributed by atoms with Gasteiger partial charge in [-0.15, -0.1) is 0 Å². The predicted molar refractivity (Wildman–Crippen MR) is 129 cm³/mol. The first-order chi connectivity index (χ1) is 16.2. The Hall–Kier alpha value is -3.72. The first-order valence-corrected chi connectivity index (χ1v) is 10.8. The molecule has 1 aliphatic rings. The molecule has 6 nitrogen and oxygen atoms in total. The van der Waals surface area contributed by atoms with Gasteiger partial charge in [0.1, 0.15) is 11.4 Å². The summed E-state index contributed by atoms with van der Waals surface area (Å²) in [6.07, 6.45) is 2.16. The number of aromatic amines is 1. The van der Waals surface area contributed by atoms with E-state index in [4.69, 9.17) is 0 Å². The molecule has 176 valence electrons. The Morgan fingerprint density at radius 3 is 2.71 bits per heavy atom. The minimum atomic E-state index is -4.56. The Kier molecular flexibility index (Phi) is 6.65. The van der Waals surface area contributed by atoms with Crippen LogP contribution < -0.4 is 5.32 Å². The van der Waals surface area contributed by atoms with Crippen molar-refractivity contribution in [2.24, 2.45) is 4.99 Å². The zero-order valence-corrected chi connectivity index (χ0v) is 18.8. The summed E-state index contributed by atoms with van der Waals surface area (Å²) in [5.41, 5.74) is 4.27. The van der Waals surface area contributed by atoms with Crippen molar-refractivity contribution in [2.45, 2.75) is 26.1 Å². The second kappa shape index (κ2) is 9.64. The van der Waals surface area contributed by atoms with Crippen LogP contribution in [-0.4, -0.2) is 45.1 Å². The molecule has 2 aromatic heterocycles. The van der Waals surface area contributed by atoms with Gasteiger partial charge < -0.3 is 5.32 Å². The van der Waals surface area contributed by atoms with Gasteiger partial charge in [0.15, 0.2) is 0 Å². The highest BCUT2D eigenvalue weighted by Gasteiger charge is 2.33. The van der Waals surface area contributed by atoms with Crippen molar-refractivity contribution in [3.05, 3.63) is 79.0 Å². The summed E-state index contributed by atoms with van der Waals surface area (Å²) in [5, 5.41) is 11.1. The summed E-state index contributed by atoms with van der Waals surface area (Å²) < 4.78 is 38.5. The van der Waals surface area contributed by atoms with Gasteiger partial charge in [0.25, 0.3) is 0 Å². The number of aliphatic imine (C=N–C) groups is 1. The van der Waals surface area contributed by atoms with Crippen LogP contribution in [0.3, 0.4) is 0 Å². The Bertz CT molecular complexity index is 1280. The number of aromatic nitrogens is 3. The second-order valence-electron chi connectivity index (χ2n) is 8.18. The summed E-state index contributed by atoms with van der Waals surface area (Å²) in [4.78, 5) is 10.3. The van der Waals surface area contributed by atoms with E-state index in [1.54, 1.807) is 6.92 Å². The number of halogens is 3. The van der Waals surface area contributed by atoms with E-state index in [1.807, 2.05) is 30.6 Å². The number of H-pyrrole nitrogens is 1. The monoisotopic (exact) mass is 466 g/mol. The van der Waals surface area contributed by atoms with Gasteiger partial charge in [-0.3, -0.25) is 15.0 Å². The number of nitrogens with one attached hydrogen (secondary N) is 2. The van der Waals surface area contributed by atoms with Gasteiger partial charge in [0, 0.05) is 41.8 Å². The molecule has 1 fully saturated rings. The normalized spacial score (nSPS) is 15.3. The maximum atomic E-state index is 12.8. The lowest BCUT2D eigenvalue weighted by molar-refractivity contribution is -0.0576. The first-order valence-electron chi connectivity index (χ1n) is 10.8. The molecule has 0 unspecified atom stereocenters. The number of alkyl halides is 3. The van der Waals surface area contributed by atoms with Gasteiger partial charge in [0.2, 0.25) is 0 Å². The fourth-order valence-corrected chi connectivity index (χ4v) is 3.69. The third-order valence-corrected chi connectivity index (χ3v) is 5.56. The van der Waals surface area contributed by atoms with E-state index in [0.29, 0.717) is 23.2 Å². The maximum absolute atomic E-state index is 12.8. The molecule has 1 aromatic carbocycles. The Morgan fingerprint density at radius 1 is 1.24 bits per heavy atom. The van der Waals surface area contributed by atoms with Crippen LogP contribution in [0.1, 0.15) is 24.6 Å². The van der Waals surface area contributed by atoms with Crippen molar-refractivity contribution in [3.63, 3.8) is 0 Å². The summed E-state index contributed by atoms with van der Waals surface area (Å²) in [7, 11) is 0. The number of hydrogen-bond donors (Lipinski definition) is 2. The average Bonchev–Trinajstić information content (AvgIpc) is 3.19. The molecule has 1 aliphatic heterocycles. The third kappa shape index (κ3) is 5.26. The smallest absolute Gasteiger partial charge is 0.357 e. The minimum Gasteiger partial charge on any atom is -0.357 e. The van der Waals surface area contributed by atoms with Crippen LogP contribution in [0.15, 0.2) is 72.8 Å². The van der Waals surface area contributed by atoms with Crippen LogP contribution in [0.2, 0.25) is 0 Å². The van der Waals surface area contributed by atoms with Gasteiger partial charge in [-0.05, 0) is 61.8 Å². The van der Waals surface area contributed by atoms with Crippen molar-refractivity contribution in [1.29, 1.82) is 0 Å². The molecule has 0 bridgehead atoms. The van der Waals surface area contributed by atoms with Gasteiger partial charge >= 0.3 is 6.18 Å². The number of pyridine rings is 1. The van der Waals surface area contributed by atoms with Crippen LogP contribution in [-0.2, 0) is 6.54 Å². The van der Waals surface area contributed by atoms with Crippen molar-refractivity contribution in [1.82, 2.24) is 25.4 Å². The molecule has 9 heteroatoms. The molecule has 3 aromatic rings. The fraction of sp³-hybridized carbons (Fsp3) is 0.240. The molecule has 0 atom stereocenters. The number of likely N-dealkylation sites (tertiary alicyclic amines) is 1. The fourth-order valence-electron chi connectivity index (χ4n) is 3.69. The van der Waals surface area contributed by atoms with Crippen LogP contribution >= 0.6 is 0 Å². The van der Waals surface area contributed by atoms with Crippen molar-refractivity contribution in [3.8, 4) is 11.1 Å². The predicted octanol–water partition coefficient (Wildman–Crippen LogP) is 5.44. The highest BCUT2D eigenvalue weighted by Crippen LogP contribution is 2.28. The van der Waals surface area contributed by atoms with Crippen LogP contribution in [0.5, 0.6) is 0 Å². The zero-order chi connectivity index (χ0) is 24.3. The summed E-state index contributed by atoms with van der Waals surface area (Å²) in [6, 6.07) is 8.08. The lowest BCUT2D eigenvalue weighted by atomic mass is 10.0. The summed E-state index contributed by atoms with van der Waals surface area (Å²) in [5.74, 6) is 0. The Morgan fingerprint density at radius 2 is 2.03 bits per heavy atom. The standard InChI is InChI=1S/C25H25F3N6/c1-4-23(25(26,27)28)30-12-16(2)31-17(3)24-21-11-19(6-7-22(21)32-33-24)20-10-18(13-29-14-20)15-34-8-5-9-34/h4,6-7,10-14,31H,1,3,5,8-9,15H2,2H3,(H,32,33)/b16-12+,30-23?. The highest BCUT2D eigenvalue weighted by atomic mass is 19.4.